The van der Waals surface area contributed by atoms with Gasteiger partial charge >= 0.3 is 0 Å². The molecule has 20 heavy (non-hydrogen) atoms. The Morgan fingerprint density at radius 3 is 2.85 bits per heavy atom. The Kier molecular flexibility index (Phi) is 5.53. The van der Waals surface area contributed by atoms with Gasteiger partial charge in [0.15, 0.2) is 0 Å². The highest BCUT2D eigenvalue weighted by atomic mass is 19.1. The standard InChI is InChI=1S/C16H22FNO2/c1-20-15-5-3-11-18(12-15)16(19)6-2-4-13-7-9-14(17)10-8-13/h7-10,15H,2-6,11-12H2,1H3. The summed E-state index contributed by atoms with van der Waals surface area (Å²) in [5, 5.41) is 0. The number of piperidine rings is 1. The van der Waals surface area contributed by atoms with Crippen molar-refractivity contribution in [2.24, 2.45) is 0 Å². The number of ether oxygens (including phenoxy) is 1. The number of rotatable bonds is 5. The molecule has 4 heteroatoms. The molecule has 1 unspecified atom stereocenters. The summed E-state index contributed by atoms with van der Waals surface area (Å²) in [6, 6.07) is 6.49. The Morgan fingerprint density at radius 2 is 2.15 bits per heavy atom. The highest BCUT2D eigenvalue weighted by Crippen LogP contribution is 2.15. The predicted octanol–water partition coefficient (Wildman–Crippen LogP) is 2.79. The van der Waals surface area contributed by atoms with Gasteiger partial charge in [0, 0.05) is 26.6 Å². The fraction of sp³-hybridized carbons (Fsp3) is 0.562. The molecular weight excluding hydrogens is 257 g/mol. The summed E-state index contributed by atoms with van der Waals surface area (Å²) in [5.41, 5.74) is 1.08. The molecule has 1 aliphatic heterocycles. The number of hydrogen-bond donors (Lipinski definition) is 0. The molecule has 0 radical (unpaired) electrons. The van der Waals surface area contributed by atoms with Gasteiger partial charge in [-0.1, -0.05) is 12.1 Å². The topological polar surface area (TPSA) is 29.5 Å². The molecule has 0 aliphatic carbocycles. The van der Waals surface area contributed by atoms with Crippen molar-refractivity contribution in [2.45, 2.75) is 38.2 Å². The number of nitrogens with zero attached hydrogens (tertiary/aromatic N) is 1. The maximum absolute atomic E-state index is 12.8. The summed E-state index contributed by atoms with van der Waals surface area (Å²) < 4.78 is 18.1. The van der Waals surface area contributed by atoms with E-state index in [4.69, 9.17) is 4.74 Å². The number of amides is 1. The van der Waals surface area contributed by atoms with Crippen molar-refractivity contribution in [3.05, 3.63) is 35.6 Å². The second kappa shape index (κ2) is 7.39. The van der Waals surface area contributed by atoms with Gasteiger partial charge < -0.3 is 9.64 Å². The normalized spacial score (nSPS) is 19.1. The Bertz CT molecular complexity index is 433. The molecule has 1 fully saturated rings. The minimum atomic E-state index is -0.219. The lowest BCUT2D eigenvalue weighted by molar-refractivity contribution is -0.134. The number of carbonyl (C=O) groups is 1. The van der Waals surface area contributed by atoms with Gasteiger partial charge in [-0.15, -0.1) is 0 Å². The average molecular weight is 279 g/mol. The van der Waals surface area contributed by atoms with Crippen LogP contribution in [-0.4, -0.2) is 37.1 Å². The molecule has 0 aromatic heterocycles. The van der Waals surface area contributed by atoms with Crippen LogP contribution in [0.1, 0.15) is 31.2 Å². The van der Waals surface area contributed by atoms with E-state index in [1.54, 1.807) is 19.2 Å². The molecule has 0 bridgehead atoms. The van der Waals surface area contributed by atoms with Gasteiger partial charge in [0.25, 0.3) is 0 Å². The molecule has 1 aromatic rings. The Balaban J connectivity index is 1.73. The molecule has 1 amide bonds. The lowest BCUT2D eigenvalue weighted by atomic mass is 10.1. The molecule has 1 heterocycles. The molecule has 0 saturated carbocycles. The third kappa shape index (κ3) is 4.30. The van der Waals surface area contributed by atoms with Gasteiger partial charge in [-0.05, 0) is 43.4 Å². The van der Waals surface area contributed by atoms with Crippen molar-refractivity contribution >= 4 is 5.91 Å². The van der Waals surface area contributed by atoms with E-state index in [0.29, 0.717) is 13.0 Å². The molecule has 1 aliphatic rings. The van der Waals surface area contributed by atoms with Crippen LogP contribution in [0, 0.1) is 5.82 Å². The fourth-order valence-electron chi connectivity index (χ4n) is 2.61. The minimum Gasteiger partial charge on any atom is -0.380 e. The van der Waals surface area contributed by atoms with Crippen molar-refractivity contribution in [1.29, 1.82) is 0 Å². The Hall–Kier alpha value is -1.42. The maximum Gasteiger partial charge on any atom is 0.222 e. The zero-order valence-electron chi connectivity index (χ0n) is 12.0. The maximum atomic E-state index is 12.8. The predicted molar refractivity (Wildman–Crippen MR) is 75.9 cm³/mol. The second-order valence-corrected chi connectivity index (χ2v) is 5.32. The number of benzene rings is 1. The van der Waals surface area contributed by atoms with Gasteiger partial charge in [-0.25, -0.2) is 4.39 Å². The van der Waals surface area contributed by atoms with Gasteiger partial charge in [0.1, 0.15) is 5.82 Å². The highest BCUT2D eigenvalue weighted by Gasteiger charge is 2.22. The molecule has 0 N–H and O–H groups in total. The van der Waals surface area contributed by atoms with Crippen LogP contribution >= 0.6 is 0 Å². The van der Waals surface area contributed by atoms with Crippen LogP contribution in [0.4, 0.5) is 4.39 Å². The number of likely N-dealkylation sites (tertiary alicyclic amines) is 1. The van der Waals surface area contributed by atoms with Gasteiger partial charge in [-0.3, -0.25) is 4.79 Å². The van der Waals surface area contributed by atoms with Crippen LogP contribution in [0.5, 0.6) is 0 Å². The first-order valence-electron chi connectivity index (χ1n) is 7.24. The summed E-state index contributed by atoms with van der Waals surface area (Å²) in [7, 11) is 1.70. The molecule has 1 aromatic carbocycles. The summed E-state index contributed by atoms with van der Waals surface area (Å²) in [5.74, 6) is -0.0161. The number of hydrogen-bond acceptors (Lipinski definition) is 2. The van der Waals surface area contributed by atoms with Crippen LogP contribution < -0.4 is 0 Å². The smallest absolute Gasteiger partial charge is 0.222 e. The summed E-state index contributed by atoms with van der Waals surface area (Å²) in [6.07, 6.45) is 4.41. The van der Waals surface area contributed by atoms with Crippen LogP contribution in [0.2, 0.25) is 0 Å². The number of methoxy groups -OCH3 is 1. The SMILES string of the molecule is COC1CCCN(C(=O)CCCc2ccc(F)cc2)C1. The molecular formula is C16H22FNO2. The third-order valence-corrected chi connectivity index (χ3v) is 3.83. The first-order chi connectivity index (χ1) is 9.69. The van der Waals surface area contributed by atoms with E-state index in [0.717, 1.165) is 37.8 Å². The van der Waals surface area contributed by atoms with Gasteiger partial charge in [-0.2, -0.15) is 0 Å². The molecule has 0 spiro atoms. The zero-order valence-corrected chi connectivity index (χ0v) is 12.0. The first-order valence-corrected chi connectivity index (χ1v) is 7.24. The largest absolute Gasteiger partial charge is 0.380 e. The van der Waals surface area contributed by atoms with Crippen molar-refractivity contribution in [3.63, 3.8) is 0 Å². The average Bonchev–Trinajstić information content (AvgIpc) is 2.49. The van der Waals surface area contributed by atoms with Gasteiger partial charge in [0.05, 0.1) is 6.10 Å². The van der Waals surface area contributed by atoms with Gasteiger partial charge in [0.2, 0.25) is 5.91 Å². The van der Waals surface area contributed by atoms with Crippen LogP contribution in [0.25, 0.3) is 0 Å². The summed E-state index contributed by atoms with van der Waals surface area (Å²) in [6.45, 7) is 1.56. The lowest BCUT2D eigenvalue weighted by Gasteiger charge is -2.32. The summed E-state index contributed by atoms with van der Waals surface area (Å²) >= 11 is 0. The quantitative estimate of drug-likeness (QED) is 0.829. The van der Waals surface area contributed by atoms with Crippen molar-refractivity contribution in [2.75, 3.05) is 20.2 Å². The van der Waals surface area contributed by atoms with E-state index in [-0.39, 0.29) is 17.8 Å². The van der Waals surface area contributed by atoms with Crippen LogP contribution in [-0.2, 0) is 16.0 Å². The molecule has 1 saturated heterocycles. The van der Waals surface area contributed by atoms with E-state index in [2.05, 4.69) is 0 Å². The van der Waals surface area contributed by atoms with E-state index in [9.17, 15) is 9.18 Å². The van der Waals surface area contributed by atoms with Crippen LogP contribution in [0.3, 0.4) is 0 Å². The van der Waals surface area contributed by atoms with E-state index >= 15 is 0 Å². The molecule has 3 nitrogen and oxygen atoms in total. The molecule has 110 valence electrons. The Morgan fingerprint density at radius 1 is 1.40 bits per heavy atom. The Labute approximate surface area is 119 Å². The molecule has 1 atom stereocenters. The number of halogens is 1. The van der Waals surface area contributed by atoms with E-state index in [1.807, 2.05) is 4.90 Å². The van der Waals surface area contributed by atoms with Crippen molar-refractivity contribution in [1.82, 2.24) is 4.90 Å². The van der Waals surface area contributed by atoms with Crippen LogP contribution in [0.15, 0.2) is 24.3 Å². The first kappa shape index (κ1) is 15.0. The van der Waals surface area contributed by atoms with Crippen molar-refractivity contribution in [3.8, 4) is 0 Å². The monoisotopic (exact) mass is 279 g/mol. The number of aryl methyl sites for hydroxylation is 1. The number of carbonyl (C=O) groups excluding carboxylic acids is 1. The van der Waals surface area contributed by atoms with Crippen molar-refractivity contribution < 1.29 is 13.9 Å². The van der Waals surface area contributed by atoms with E-state index < -0.39 is 0 Å². The highest BCUT2D eigenvalue weighted by molar-refractivity contribution is 5.76. The second-order valence-electron chi connectivity index (χ2n) is 5.32. The zero-order chi connectivity index (χ0) is 14.4. The van der Waals surface area contributed by atoms with E-state index in [1.165, 1.54) is 12.1 Å². The lowest BCUT2D eigenvalue weighted by Crippen LogP contribution is -2.42. The minimum absolute atomic E-state index is 0.185. The fourth-order valence-corrected chi connectivity index (χ4v) is 2.61. The summed E-state index contributed by atoms with van der Waals surface area (Å²) in [4.78, 5) is 14.0. The third-order valence-electron chi connectivity index (χ3n) is 3.83. The molecule has 2 rings (SSSR count).